The Morgan fingerprint density at radius 1 is 0.900 bits per heavy atom. The van der Waals surface area contributed by atoms with Crippen LogP contribution in [0.2, 0.25) is 0 Å². The Hall–Kier alpha value is -2.40. The van der Waals surface area contributed by atoms with E-state index in [9.17, 15) is 15.3 Å². The molecule has 1 aliphatic rings. The molecule has 1 heterocycles. The molecule has 286 valence electrons. The monoisotopic (exact) mass is 701 g/mol. The van der Waals surface area contributed by atoms with Crippen molar-refractivity contribution in [2.24, 2.45) is 5.73 Å². The third-order valence-electron chi connectivity index (χ3n) is 9.71. The second kappa shape index (κ2) is 23.2. The highest BCUT2D eigenvalue weighted by atomic mass is 16.5. The summed E-state index contributed by atoms with van der Waals surface area (Å²) in [6.45, 7) is 19.2. The van der Waals surface area contributed by atoms with Gasteiger partial charge in [0.05, 0.1) is 13.2 Å². The molecule has 8 N–H and O–H groups in total. The number of hydrogen-bond acceptors (Lipinski definition) is 9. The molecule has 50 heavy (non-hydrogen) atoms. The first-order valence-corrected chi connectivity index (χ1v) is 19.2. The lowest BCUT2D eigenvalue weighted by molar-refractivity contribution is -0.0649. The highest BCUT2D eigenvalue weighted by Gasteiger charge is 2.43. The predicted molar refractivity (Wildman–Crippen MR) is 208 cm³/mol. The molecule has 3 atom stereocenters. The summed E-state index contributed by atoms with van der Waals surface area (Å²) >= 11 is 0. The first kappa shape index (κ1) is 43.8. The van der Waals surface area contributed by atoms with E-state index in [-0.39, 0.29) is 17.1 Å². The minimum absolute atomic E-state index is 0.101. The van der Waals surface area contributed by atoms with Crippen molar-refractivity contribution in [3.05, 3.63) is 53.1 Å². The number of hydrogen-bond donors (Lipinski definition) is 7. The number of rotatable bonds is 23. The average Bonchev–Trinajstić information content (AvgIpc) is 3.07. The summed E-state index contributed by atoms with van der Waals surface area (Å²) in [5.41, 5.74) is 8.30. The minimum atomic E-state index is -0.656. The molecule has 0 radical (unpaired) electrons. The second-order valence-corrected chi connectivity index (χ2v) is 15.2. The summed E-state index contributed by atoms with van der Waals surface area (Å²) in [6.07, 6.45) is 10.3. The molecule has 0 spiro atoms. The van der Waals surface area contributed by atoms with Crippen LogP contribution in [0.1, 0.15) is 128 Å². The maximum atomic E-state index is 10.8. The van der Waals surface area contributed by atoms with E-state index in [1.807, 2.05) is 26.0 Å². The van der Waals surface area contributed by atoms with Gasteiger partial charge in [0.2, 0.25) is 0 Å². The molecule has 0 bridgehead atoms. The van der Waals surface area contributed by atoms with Gasteiger partial charge in [0.25, 0.3) is 0 Å². The van der Waals surface area contributed by atoms with Crippen LogP contribution in [0, 0.1) is 0 Å². The van der Waals surface area contributed by atoms with Crippen LogP contribution in [0.15, 0.2) is 36.4 Å². The lowest BCUT2D eigenvalue weighted by Gasteiger charge is -2.43. The van der Waals surface area contributed by atoms with Gasteiger partial charge in [-0.1, -0.05) is 64.7 Å². The van der Waals surface area contributed by atoms with E-state index in [1.54, 1.807) is 20.1 Å². The number of unbranched alkanes of at least 4 members (excludes halogenated alkanes) is 4. The number of phenolic OH excluding ortho intramolecular Hbond substituents is 1. The number of aromatic hydroxyl groups is 1. The molecular weight excluding hydrogens is 628 g/mol. The van der Waals surface area contributed by atoms with Gasteiger partial charge in [-0.25, -0.2) is 0 Å². The molecule has 9 nitrogen and oxygen atoms in total. The van der Waals surface area contributed by atoms with Gasteiger partial charge in [0.1, 0.15) is 17.5 Å². The SMILES string of the molecule is CCCCCCC(C)(C)c1ccc2c(c1)OC(C)(C)C(O)C2CC(C)O.COc1cc(CNCCCNCCCCNCCCN)ccc1O. The highest BCUT2D eigenvalue weighted by Crippen LogP contribution is 2.45. The number of ether oxygens (including phenoxy) is 2. The van der Waals surface area contributed by atoms with Gasteiger partial charge in [-0.05, 0) is 133 Å². The van der Waals surface area contributed by atoms with Crippen molar-refractivity contribution in [3.8, 4) is 17.2 Å². The van der Waals surface area contributed by atoms with Crippen molar-refractivity contribution >= 4 is 0 Å². The largest absolute Gasteiger partial charge is 0.504 e. The zero-order valence-electron chi connectivity index (χ0n) is 32.5. The maximum Gasteiger partial charge on any atom is 0.160 e. The van der Waals surface area contributed by atoms with Gasteiger partial charge in [0, 0.05) is 18.0 Å². The van der Waals surface area contributed by atoms with Gasteiger partial charge in [-0.2, -0.15) is 0 Å². The molecule has 0 aliphatic carbocycles. The molecule has 1 aliphatic heterocycles. The van der Waals surface area contributed by atoms with Crippen LogP contribution in [-0.2, 0) is 12.0 Å². The Bertz CT molecular complexity index is 1210. The summed E-state index contributed by atoms with van der Waals surface area (Å²) in [5.74, 6) is 1.47. The van der Waals surface area contributed by atoms with Crippen molar-refractivity contribution in [2.75, 3.05) is 46.4 Å². The molecule has 2 aromatic rings. The Morgan fingerprint density at radius 2 is 1.56 bits per heavy atom. The number of aliphatic hydroxyl groups is 2. The van der Waals surface area contributed by atoms with Crippen molar-refractivity contribution in [1.29, 1.82) is 0 Å². The summed E-state index contributed by atoms with van der Waals surface area (Å²) in [4.78, 5) is 0. The quantitative estimate of drug-likeness (QED) is 0.0647. The van der Waals surface area contributed by atoms with Crippen molar-refractivity contribution in [2.45, 2.75) is 141 Å². The number of phenols is 1. The molecular formula is C41H72N4O5. The van der Waals surface area contributed by atoms with E-state index in [2.05, 4.69) is 54.9 Å². The molecule has 0 aromatic heterocycles. The van der Waals surface area contributed by atoms with Gasteiger partial charge in [0.15, 0.2) is 11.5 Å². The maximum absolute atomic E-state index is 10.8. The average molecular weight is 701 g/mol. The summed E-state index contributed by atoms with van der Waals surface area (Å²) < 4.78 is 11.3. The molecule has 2 aromatic carbocycles. The number of methoxy groups -OCH3 is 1. The fraction of sp³-hybridized carbons (Fsp3) is 0.707. The second-order valence-electron chi connectivity index (χ2n) is 15.2. The van der Waals surface area contributed by atoms with E-state index in [4.69, 9.17) is 15.2 Å². The zero-order chi connectivity index (χ0) is 37.0. The fourth-order valence-corrected chi connectivity index (χ4v) is 6.49. The molecule has 0 saturated carbocycles. The fourth-order valence-electron chi connectivity index (χ4n) is 6.49. The molecule has 0 amide bonds. The minimum Gasteiger partial charge on any atom is -0.504 e. The van der Waals surface area contributed by atoms with Gasteiger partial charge >= 0.3 is 0 Å². The molecule has 3 unspecified atom stereocenters. The van der Waals surface area contributed by atoms with Crippen molar-refractivity contribution in [1.82, 2.24) is 16.0 Å². The van der Waals surface area contributed by atoms with Crippen LogP contribution in [0.3, 0.4) is 0 Å². The summed E-state index contributed by atoms with van der Waals surface area (Å²) in [5, 5.41) is 40.5. The Labute approximate surface area is 304 Å². The van der Waals surface area contributed by atoms with Gasteiger partial charge in [-0.3, -0.25) is 0 Å². The first-order chi connectivity index (χ1) is 23.9. The number of benzene rings is 2. The number of aliphatic hydroxyl groups excluding tert-OH is 2. The van der Waals surface area contributed by atoms with E-state index in [0.717, 1.165) is 82.0 Å². The first-order valence-electron chi connectivity index (χ1n) is 19.2. The number of fused-ring (bicyclic) bond motifs is 1. The van der Waals surface area contributed by atoms with Crippen molar-refractivity contribution in [3.63, 3.8) is 0 Å². The predicted octanol–water partition coefficient (Wildman–Crippen LogP) is 6.51. The molecule has 3 rings (SSSR count). The van der Waals surface area contributed by atoms with Crippen LogP contribution < -0.4 is 31.2 Å². The van der Waals surface area contributed by atoms with Crippen LogP contribution in [0.5, 0.6) is 17.2 Å². The Kier molecular flexibility index (Phi) is 20.3. The van der Waals surface area contributed by atoms with E-state index in [0.29, 0.717) is 12.2 Å². The van der Waals surface area contributed by atoms with Gasteiger partial charge < -0.3 is 46.5 Å². The van der Waals surface area contributed by atoms with Crippen LogP contribution in [0.4, 0.5) is 0 Å². The third-order valence-corrected chi connectivity index (χ3v) is 9.71. The smallest absolute Gasteiger partial charge is 0.160 e. The van der Waals surface area contributed by atoms with E-state index in [1.165, 1.54) is 44.1 Å². The third kappa shape index (κ3) is 15.5. The van der Waals surface area contributed by atoms with E-state index >= 15 is 0 Å². The molecule has 0 saturated heterocycles. The summed E-state index contributed by atoms with van der Waals surface area (Å²) in [6, 6.07) is 11.9. The van der Waals surface area contributed by atoms with E-state index < -0.39 is 17.8 Å². The zero-order valence-corrected chi connectivity index (χ0v) is 32.5. The number of nitrogens with two attached hydrogens (primary N) is 1. The van der Waals surface area contributed by atoms with Crippen LogP contribution in [-0.4, -0.2) is 79.5 Å². The lowest BCUT2D eigenvalue weighted by atomic mass is 9.75. The molecule has 0 fully saturated rings. The van der Waals surface area contributed by atoms with Crippen LogP contribution in [0.25, 0.3) is 0 Å². The lowest BCUT2D eigenvalue weighted by Crippen LogP contribution is -2.49. The standard InChI is InChI=1S/C23H38O3.C18H34N4O2/c1-7-8-9-10-13-22(3,4)17-11-12-18-19(14-16(2)24)21(25)23(5,6)26-20(18)15-17;1-24-18-14-16(6-7-17(18)23)15-22-13-5-12-21-10-3-2-9-20-11-4-8-19/h11-12,15-16,19,21,24-25H,7-10,13-14H2,1-6H3;6-7,14,20-23H,2-5,8-13,15,19H2,1H3. The van der Waals surface area contributed by atoms with Gasteiger partial charge in [-0.15, -0.1) is 0 Å². The molecule has 9 heteroatoms. The summed E-state index contributed by atoms with van der Waals surface area (Å²) in [7, 11) is 1.56. The van der Waals surface area contributed by atoms with Crippen LogP contribution >= 0.6 is 0 Å². The normalized spacial score (nSPS) is 17.3. The Morgan fingerprint density at radius 3 is 2.20 bits per heavy atom. The highest BCUT2D eigenvalue weighted by molar-refractivity contribution is 5.45. The van der Waals surface area contributed by atoms with Crippen molar-refractivity contribution < 1.29 is 24.8 Å². The topological polar surface area (TPSA) is 141 Å². The number of nitrogens with one attached hydrogen (secondary N) is 3. The Balaban J connectivity index is 0.000000348.